The summed E-state index contributed by atoms with van der Waals surface area (Å²) in [6.07, 6.45) is 3.41. The summed E-state index contributed by atoms with van der Waals surface area (Å²) in [6, 6.07) is 5.55. The first kappa shape index (κ1) is 20.1. The molecule has 0 aliphatic rings. The number of carbonyl (C=O) groups is 1. The van der Waals surface area contributed by atoms with Gasteiger partial charge in [-0.1, -0.05) is 6.07 Å². The van der Waals surface area contributed by atoms with E-state index in [2.05, 4.69) is 15.2 Å². The van der Waals surface area contributed by atoms with Crippen LogP contribution in [0.2, 0.25) is 0 Å². The molecule has 3 rings (SSSR count). The highest BCUT2D eigenvalue weighted by Gasteiger charge is 2.30. The SMILES string of the molecule is Cn1c(Sc2c(F)cc(C(=O)CO)cc2F)nnc1C(C)(C)c1cccnc1. The van der Waals surface area contributed by atoms with Crippen LogP contribution >= 0.6 is 11.8 Å². The zero-order chi connectivity index (χ0) is 20.5. The molecular formula is C19H18F2N4O2S. The Kier molecular flexibility index (Phi) is 5.57. The molecule has 1 aromatic carbocycles. The number of pyridine rings is 1. The summed E-state index contributed by atoms with van der Waals surface area (Å²) in [5, 5.41) is 17.4. The molecule has 2 heterocycles. The number of hydrogen-bond donors (Lipinski definition) is 1. The zero-order valence-corrected chi connectivity index (χ0v) is 16.3. The molecule has 3 aromatic rings. The van der Waals surface area contributed by atoms with Crippen LogP contribution in [0, 0.1) is 11.6 Å². The molecule has 0 amide bonds. The lowest BCUT2D eigenvalue weighted by Gasteiger charge is -2.23. The fraction of sp³-hybridized carbons (Fsp3) is 0.263. The Morgan fingerprint density at radius 3 is 2.50 bits per heavy atom. The molecule has 146 valence electrons. The molecule has 0 saturated heterocycles. The van der Waals surface area contributed by atoms with Crippen molar-refractivity contribution in [3.8, 4) is 0 Å². The zero-order valence-electron chi connectivity index (χ0n) is 15.5. The Balaban J connectivity index is 1.95. The van der Waals surface area contributed by atoms with Gasteiger partial charge in [0.15, 0.2) is 10.9 Å². The van der Waals surface area contributed by atoms with Gasteiger partial charge < -0.3 is 9.67 Å². The molecular weight excluding hydrogens is 386 g/mol. The van der Waals surface area contributed by atoms with Gasteiger partial charge in [-0.3, -0.25) is 9.78 Å². The molecule has 2 aromatic heterocycles. The van der Waals surface area contributed by atoms with Crippen molar-refractivity contribution < 1.29 is 18.7 Å². The number of hydrogen-bond acceptors (Lipinski definition) is 6. The second-order valence-electron chi connectivity index (χ2n) is 6.68. The maximum absolute atomic E-state index is 14.4. The number of benzene rings is 1. The van der Waals surface area contributed by atoms with E-state index in [9.17, 15) is 13.6 Å². The average molecular weight is 404 g/mol. The standard InChI is InChI=1S/C19H18F2N4O2S/c1-19(2,12-5-4-6-22-9-12)17-23-24-18(25(17)3)28-16-13(20)7-11(8-14(16)21)15(27)10-26/h4-9,26H,10H2,1-3H3. The Bertz CT molecular complexity index is 999. The third kappa shape index (κ3) is 3.67. The molecule has 28 heavy (non-hydrogen) atoms. The molecule has 1 N–H and O–H groups in total. The quantitative estimate of drug-likeness (QED) is 0.636. The van der Waals surface area contributed by atoms with Crippen LogP contribution in [0.4, 0.5) is 8.78 Å². The lowest BCUT2D eigenvalue weighted by atomic mass is 9.85. The normalized spacial score (nSPS) is 11.6. The highest BCUT2D eigenvalue weighted by Crippen LogP contribution is 2.35. The number of aromatic nitrogens is 4. The van der Waals surface area contributed by atoms with Crippen LogP contribution in [0.3, 0.4) is 0 Å². The second kappa shape index (κ2) is 7.76. The van der Waals surface area contributed by atoms with Gasteiger partial charge in [0, 0.05) is 25.0 Å². The van der Waals surface area contributed by atoms with E-state index >= 15 is 0 Å². The minimum absolute atomic E-state index is 0.224. The average Bonchev–Trinajstić information content (AvgIpc) is 3.05. The first-order valence-electron chi connectivity index (χ1n) is 8.37. The summed E-state index contributed by atoms with van der Waals surface area (Å²) in [7, 11) is 1.72. The largest absolute Gasteiger partial charge is 0.388 e. The van der Waals surface area contributed by atoms with Crippen LogP contribution in [0.1, 0.15) is 35.6 Å². The molecule has 0 saturated carbocycles. The summed E-state index contributed by atoms with van der Waals surface area (Å²) >= 11 is 0.778. The van der Waals surface area contributed by atoms with E-state index < -0.39 is 29.4 Å². The molecule has 6 nitrogen and oxygen atoms in total. The number of nitrogens with zero attached hydrogens (tertiary/aromatic N) is 4. The van der Waals surface area contributed by atoms with Gasteiger partial charge in [0.25, 0.3) is 0 Å². The third-order valence-electron chi connectivity index (χ3n) is 4.43. The Labute approximate surface area is 164 Å². The highest BCUT2D eigenvalue weighted by atomic mass is 32.2. The van der Waals surface area contributed by atoms with Crippen molar-refractivity contribution in [3.05, 3.63) is 65.2 Å². The topological polar surface area (TPSA) is 80.9 Å². The fourth-order valence-electron chi connectivity index (χ4n) is 2.81. The van der Waals surface area contributed by atoms with Crippen LogP contribution < -0.4 is 0 Å². The molecule has 0 unspecified atom stereocenters. The summed E-state index contributed by atoms with van der Waals surface area (Å²) < 4.78 is 30.4. The fourth-order valence-corrected chi connectivity index (χ4v) is 3.61. The number of rotatable bonds is 6. The van der Waals surface area contributed by atoms with Crippen molar-refractivity contribution in [2.45, 2.75) is 29.3 Å². The number of carbonyl (C=O) groups excluding carboxylic acids is 1. The van der Waals surface area contributed by atoms with Crippen molar-refractivity contribution in [3.63, 3.8) is 0 Å². The Hall–Kier alpha value is -2.65. The summed E-state index contributed by atoms with van der Waals surface area (Å²) in [6.45, 7) is 3.10. The molecule has 0 bridgehead atoms. The Morgan fingerprint density at radius 2 is 1.93 bits per heavy atom. The molecule has 0 fully saturated rings. The minimum Gasteiger partial charge on any atom is -0.388 e. The number of Topliss-reactive ketones (excluding diaryl/α,β-unsaturated/α-hetero) is 1. The van der Waals surface area contributed by atoms with E-state index in [0.717, 1.165) is 29.5 Å². The highest BCUT2D eigenvalue weighted by molar-refractivity contribution is 7.99. The number of ketones is 1. The van der Waals surface area contributed by atoms with Crippen LogP contribution in [-0.2, 0) is 12.5 Å². The summed E-state index contributed by atoms with van der Waals surface area (Å²) in [5.41, 5.74) is 0.174. The van der Waals surface area contributed by atoms with E-state index in [-0.39, 0.29) is 10.5 Å². The van der Waals surface area contributed by atoms with Gasteiger partial charge in [-0.25, -0.2) is 8.78 Å². The molecule has 0 atom stereocenters. The first-order chi connectivity index (χ1) is 13.3. The van der Waals surface area contributed by atoms with Crippen LogP contribution in [-0.4, -0.2) is 37.2 Å². The van der Waals surface area contributed by atoms with Gasteiger partial charge in [0.1, 0.15) is 24.1 Å². The third-order valence-corrected chi connectivity index (χ3v) is 5.57. The lowest BCUT2D eigenvalue weighted by Crippen LogP contribution is -2.24. The van der Waals surface area contributed by atoms with E-state index in [1.165, 1.54) is 0 Å². The van der Waals surface area contributed by atoms with E-state index in [4.69, 9.17) is 5.11 Å². The molecule has 0 aliphatic carbocycles. The smallest absolute Gasteiger partial charge is 0.196 e. The molecule has 0 radical (unpaired) electrons. The van der Waals surface area contributed by atoms with Gasteiger partial charge in [-0.15, -0.1) is 10.2 Å². The monoisotopic (exact) mass is 404 g/mol. The van der Waals surface area contributed by atoms with Crippen LogP contribution in [0.25, 0.3) is 0 Å². The van der Waals surface area contributed by atoms with E-state index in [1.807, 2.05) is 26.0 Å². The lowest BCUT2D eigenvalue weighted by molar-refractivity contribution is 0.0902. The maximum Gasteiger partial charge on any atom is 0.196 e. The second-order valence-corrected chi connectivity index (χ2v) is 7.66. The summed E-state index contributed by atoms with van der Waals surface area (Å²) in [5.74, 6) is -1.96. The van der Waals surface area contributed by atoms with Crippen molar-refractivity contribution in [2.75, 3.05) is 6.61 Å². The first-order valence-corrected chi connectivity index (χ1v) is 9.18. The van der Waals surface area contributed by atoms with Gasteiger partial charge >= 0.3 is 0 Å². The molecule has 9 heteroatoms. The molecule has 0 aliphatic heterocycles. The van der Waals surface area contributed by atoms with Crippen LogP contribution in [0.5, 0.6) is 0 Å². The van der Waals surface area contributed by atoms with Gasteiger partial charge in [0.2, 0.25) is 0 Å². The van der Waals surface area contributed by atoms with Crippen molar-refractivity contribution >= 4 is 17.5 Å². The van der Waals surface area contributed by atoms with Crippen molar-refractivity contribution in [2.24, 2.45) is 7.05 Å². The molecule has 0 spiro atoms. The van der Waals surface area contributed by atoms with Crippen molar-refractivity contribution in [1.82, 2.24) is 19.7 Å². The number of aliphatic hydroxyl groups is 1. The maximum atomic E-state index is 14.4. The predicted molar refractivity (Wildman–Crippen MR) is 99.3 cm³/mol. The minimum atomic E-state index is -0.905. The van der Waals surface area contributed by atoms with Gasteiger partial charge in [0.05, 0.1) is 10.3 Å². The van der Waals surface area contributed by atoms with E-state index in [0.29, 0.717) is 11.0 Å². The van der Waals surface area contributed by atoms with Gasteiger partial charge in [-0.05, 0) is 49.4 Å². The predicted octanol–water partition coefficient (Wildman–Crippen LogP) is 3.14. The summed E-state index contributed by atoms with van der Waals surface area (Å²) in [4.78, 5) is 15.3. The van der Waals surface area contributed by atoms with E-state index in [1.54, 1.807) is 24.0 Å². The Morgan fingerprint density at radius 1 is 1.25 bits per heavy atom. The van der Waals surface area contributed by atoms with Gasteiger partial charge in [-0.2, -0.15) is 0 Å². The van der Waals surface area contributed by atoms with Crippen molar-refractivity contribution in [1.29, 1.82) is 0 Å². The number of halogens is 2. The number of aliphatic hydroxyl groups excluding tert-OH is 1. The van der Waals surface area contributed by atoms with Crippen LogP contribution in [0.15, 0.2) is 46.7 Å².